The average molecular weight is 449 g/mol. The SMILES string of the molecule is Cc1c(C#N)c(-c2ccc(C#N)cc2)c(C)n1Cc1ccc(CNC(=O)c2nccn2C)cc1. The topological polar surface area (TPSA) is 99.4 Å². The normalized spacial score (nSPS) is 10.5. The summed E-state index contributed by atoms with van der Waals surface area (Å²) in [5, 5.41) is 21.8. The van der Waals surface area contributed by atoms with Gasteiger partial charge in [0.15, 0.2) is 5.82 Å². The quantitative estimate of drug-likeness (QED) is 0.477. The van der Waals surface area contributed by atoms with E-state index in [0.717, 1.165) is 33.6 Å². The highest BCUT2D eigenvalue weighted by molar-refractivity contribution is 5.90. The molecule has 0 atom stereocenters. The maximum Gasteiger partial charge on any atom is 0.287 e. The molecule has 1 amide bonds. The third kappa shape index (κ3) is 4.32. The van der Waals surface area contributed by atoms with Crippen molar-refractivity contribution in [2.75, 3.05) is 0 Å². The minimum atomic E-state index is -0.213. The van der Waals surface area contributed by atoms with Crippen molar-refractivity contribution in [3.05, 3.63) is 100 Å². The first-order chi connectivity index (χ1) is 16.4. The van der Waals surface area contributed by atoms with Gasteiger partial charge in [-0.2, -0.15) is 10.5 Å². The lowest BCUT2D eigenvalue weighted by Gasteiger charge is -2.11. The van der Waals surface area contributed by atoms with Crippen molar-refractivity contribution in [2.45, 2.75) is 26.9 Å². The molecule has 0 unspecified atom stereocenters. The van der Waals surface area contributed by atoms with E-state index in [2.05, 4.69) is 27.0 Å². The average Bonchev–Trinajstić information content (AvgIpc) is 3.39. The Bertz CT molecular complexity index is 1430. The molecule has 0 radical (unpaired) electrons. The predicted molar refractivity (Wildman–Crippen MR) is 129 cm³/mol. The van der Waals surface area contributed by atoms with Crippen LogP contribution in [0.15, 0.2) is 60.9 Å². The fourth-order valence-corrected chi connectivity index (χ4v) is 4.11. The second-order valence-corrected chi connectivity index (χ2v) is 8.17. The maximum atomic E-state index is 12.3. The van der Waals surface area contributed by atoms with Crippen LogP contribution in [0.4, 0.5) is 0 Å². The standard InChI is InChI=1S/C27H24N6O/c1-18-24(15-29)25(23-10-8-20(14-28)9-11-23)19(2)33(18)17-22-6-4-21(5-7-22)16-31-27(34)26-30-12-13-32(26)3/h4-13H,16-17H2,1-3H3,(H,31,34). The third-order valence-corrected chi connectivity index (χ3v) is 6.04. The molecule has 0 bridgehead atoms. The summed E-state index contributed by atoms with van der Waals surface area (Å²) in [6, 6.07) is 19.9. The molecule has 2 heterocycles. The minimum Gasteiger partial charge on any atom is -0.345 e. The van der Waals surface area contributed by atoms with Crippen LogP contribution in [-0.4, -0.2) is 20.0 Å². The van der Waals surface area contributed by atoms with Gasteiger partial charge in [-0.25, -0.2) is 4.98 Å². The van der Waals surface area contributed by atoms with Crippen molar-refractivity contribution < 1.29 is 4.79 Å². The summed E-state index contributed by atoms with van der Waals surface area (Å²) in [5.74, 6) is 0.163. The Morgan fingerprint density at radius 3 is 2.24 bits per heavy atom. The van der Waals surface area contributed by atoms with Gasteiger partial charge in [0.2, 0.25) is 0 Å². The molecule has 1 N–H and O–H groups in total. The van der Waals surface area contributed by atoms with E-state index in [1.54, 1.807) is 36.1 Å². The van der Waals surface area contributed by atoms with E-state index in [9.17, 15) is 10.1 Å². The van der Waals surface area contributed by atoms with Gasteiger partial charge in [-0.1, -0.05) is 36.4 Å². The number of carbonyl (C=O) groups excluding carboxylic acids is 1. The first-order valence-electron chi connectivity index (χ1n) is 10.9. The fourth-order valence-electron chi connectivity index (χ4n) is 4.11. The monoisotopic (exact) mass is 448 g/mol. The van der Waals surface area contributed by atoms with Crippen LogP contribution in [-0.2, 0) is 20.1 Å². The zero-order valence-corrected chi connectivity index (χ0v) is 19.3. The van der Waals surface area contributed by atoms with Crippen molar-refractivity contribution in [2.24, 2.45) is 7.05 Å². The largest absolute Gasteiger partial charge is 0.345 e. The van der Waals surface area contributed by atoms with E-state index >= 15 is 0 Å². The molecule has 4 aromatic rings. The number of hydrogen-bond donors (Lipinski definition) is 1. The number of amides is 1. The lowest BCUT2D eigenvalue weighted by Crippen LogP contribution is -2.25. The number of imidazole rings is 1. The van der Waals surface area contributed by atoms with Crippen molar-refractivity contribution in [3.8, 4) is 23.3 Å². The Morgan fingerprint density at radius 2 is 1.65 bits per heavy atom. The molecule has 34 heavy (non-hydrogen) atoms. The summed E-state index contributed by atoms with van der Waals surface area (Å²) in [7, 11) is 1.78. The summed E-state index contributed by atoms with van der Waals surface area (Å²) < 4.78 is 3.83. The van der Waals surface area contributed by atoms with Crippen LogP contribution < -0.4 is 5.32 Å². The number of benzene rings is 2. The molecule has 2 aromatic heterocycles. The van der Waals surface area contributed by atoms with E-state index < -0.39 is 0 Å². The number of hydrogen-bond acceptors (Lipinski definition) is 4. The summed E-state index contributed by atoms with van der Waals surface area (Å²) in [6.07, 6.45) is 3.33. The number of aryl methyl sites for hydroxylation is 1. The molecule has 2 aromatic carbocycles. The molecule has 0 fully saturated rings. The molecule has 0 spiro atoms. The van der Waals surface area contributed by atoms with Gasteiger partial charge in [-0.3, -0.25) is 4.79 Å². The molecule has 7 nitrogen and oxygen atoms in total. The Balaban J connectivity index is 1.52. The van der Waals surface area contributed by atoms with Crippen molar-refractivity contribution >= 4 is 5.91 Å². The van der Waals surface area contributed by atoms with Crippen LogP contribution in [0.25, 0.3) is 11.1 Å². The highest BCUT2D eigenvalue weighted by atomic mass is 16.2. The highest BCUT2D eigenvalue weighted by Crippen LogP contribution is 2.32. The van der Waals surface area contributed by atoms with Crippen LogP contribution in [0, 0.1) is 36.5 Å². The van der Waals surface area contributed by atoms with Gasteiger partial charge in [-0.15, -0.1) is 0 Å². The summed E-state index contributed by atoms with van der Waals surface area (Å²) in [5.41, 5.74) is 7.06. The molecule has 0 aliphatic rings. The molecule has 0 saturated carbocycles. The fraction of sp³-hybridized carbons (Fsp3) is 0.185. The Hall–Kier alpha value is -4.62. The number of aromatic nitrogens is 3. The lowest BCUT2D eigenvalue weighted by molar-refractivity contribution is 0.0937. The molecule has 7 heteroatoms. The first-order valence-corrected chi connectivity index (χ1v) is 10.9. The van der Waals surface area contributed by atoms with Crippen molar-refractivity contribution in [1.82, 2.24) is 19.4 Å². The van der Waals surface area contributed by atoms with Gasteiger partial charge in [0.25, 0.3) is 5.91 Å². The summed E-state index contributed by atoms with van der Waals surface area (Å²) in [6.45, 7) is 5.01. The number of rotatable bonds is 6. The Morgan fingerprint density at radius 1 is 0.971 bits per heavy atom. The minimum absolute atomic E-state index is 0.213. The van der Waals surface area contributed by atoms with E-state index in [1.807, 2.05) is 50.2 Å². The smallest absolute Gasteiger partial charge is 0.287 e. The molecule has 0 aliphatic heterocycles. The van der Waals surface area contributed by atoms with Gasteiger partial charge >= 0.3 is 0 Å². The first kappa shape index (κ1) is 22.6. The summed E-state index contributed by atoms with van der Waals surface area (Å²) >= 11 is 0. The zero-order chi connectivity index (χ0) is 24.2. The van der Waals surface area contributed by atoms with Gasteiger partial charge in [-0.05, 0) is 42.7 Å². The Labute approximate surface area is 198 Å². The van der Waals surface area contributed by atoms with Crippen LogP contribution >= 0.6 is 0 Å². The molecule has 0 aliphatic carbocycles. The summed E-state index contributed by atoms with van der Waals surface area (Å²) in [4.78, 5) is 16.3. The van der Waals surface area contributed by atoms with Crippen molar-refractivity contribution in [1.29, 1.82) is 10.5 Å². The van der Waals surface area contributed by atoms with Gasteiger partial charge in [0.1, 0.15) is 6.07 Å². The number of carbonyl (C=O) groups is 1. The number of nitriles is 2. The number of nitrogens with one attached hydrogen (secondary N) is 1. The molecule has 4 rings (SSSR count). The van der Waals surface area contributed by atoms with Gasteiger partial charge < -0.3 is 14.5 Å². The second-order valence-electron chi connectivity index (χ2n) is 8.17. The van der Waals surface area contributed by atoms with E-state index in [1.165, 1.54) is 0 Å². The van der Waals surface area contributed by atoms with Crippen LogP contribution in [0.3, 0.4) is 0 Å². The van der Waals surface area contributed by atoms with Crippen LogP contribution in [0.2, 0.25) is 0 Å². The van der Waals surface area contributed by atoms with Gasteiger partial charge in [0, 0.05) is 49.5 Å². The molecule has 0 saturated heterocycles. The van der Waals surface area contributed by atoms with Crippen LogP contribution in [0.5, 0.6) is 0 Å². The van der Waals surface area contributed by atoms with E-state index in [-0.39, 0.29) is 5.91 Å². The van der Waals surface area contributed by atoms with E-state index in [0.29, 0.717) is 30.0 Å². The van der Waals surface area contributed by atoms with Crippen molar-refractivity contribution in [3.63, 3.8) is 0 Å². The molecular formula is C27H24N6O. The number of nitrogens with zero attached hydrogens (tertiary/aromatic N) is 5. The molecular weight excluding hydrogens is 424 g/mol. The third-order valence-electron chi connectivity index (χ3n) is 6.04. The molecule has 168 valence electrons. The van der Waals surface area contributed by atoms with Crippen LogP contribution in [0.1, 0.15) is 44.3 Å². The maximum absolute atomic E-state index is 12.3. The Kier molecular flexibility index (Phi) is 6.29. The second kappa shape index (κ2) is 9.48. The predicted octanol–water partition coefficient (Wildman–Crippen LogP) is 4.23. The lowest BCUT2D eigenvalue weighted by atomic mass is 10.0. The zero-order valence-electron chi connectivity index (χ0n) is 19.3. The van der Waals surface area contributed by atoms with E-state index in [4.69, 9.17) is 5.26 Å². The van der Waals surface area contributed by atoms with Gasteiger partial charge in [0.05, 0.1) is 17.2 Å². The highest BCUT2D eigenvalue weighted by Gasteiger charge is 2.19.